The molecule has 18 heavy (non-hydrogen) atoms. The zero-order valence-corrected chi connectivity index (χ0v) is 11.3. The molecule has 0 amide bonds. The summed E-state index contributed by atoms with van der Waals surface area (Å²) in [6, 6.07) is 10.5. The van der Waals surface area contributed by atoms with Gasteiger partial charge in [-0.25, -0.2) is 4.39 Å². The quantitative estimate of drug-likeness (QED) is 0.831. The fourth-order valence-electron chi connectivity index (χ4n) is 1.59. The SMILES string of the molecule is Cc1ccc(NCc2cccc(Cl)c2Cl)cc1F. The van der Waals surface area contributed by atoms with Gasteiger partial charge in [-0.15, -0.1) is 0 Å². The number of hydrogen-bond acceptors (Lipinski definition) is 1. The minimum atomic E-state index is -0.225. The first-order chi connectivity index (χ1) is 8.58. The van der Waals surface area contributed by atoms with Gasteiger partial charge in [0.25, 0.3) is 0 Å². The van der Waals surface area contributed by atoms with Crippen LogP contribution in [0.15, 0.2) is 36.4 Å². The molecule has 0 heterocycles. The molecule has 0 aliphatic heterocycles. The second kappa shape index (κ2) is 5.59. The van der Waals surface area contributed by atoms with Crippen molar-refractivity contribution in [3.05, 3.63) is 63.4 Å². The van der Waals surface area contributed by atoms with Crippen LogP contribution in [-0.4, -0.2) is 0 Å². The molecule has 0 radical (unpaired) electrons. The van der Waals surface area contributed by atoms with Gasteiger partial charge < -0.3 is 5.32 Å². The van der Waals surface area contributed by atoms with Crippen molar-refractivity contribution >= 4 is 28.9 Å². The summed E-state index contributed by atoms with van der Waals surface area (Å²) < 4.78 is 13.4. The molecule has 0 bridgehead atoms. The summed E-state index contributed by atoms with van der Waals surface area (Å²) in [5.74, 6) is -0.225. The normalized spacial score (nSPS) is 10.4. The fraction of sp³-hybridized carbons (Fsp3) is 0.143. The third kappa shape index (κ3) is 2.95. The smallest absolute Gasteiger partial charge is 0.128 e. The van der Waals surface area contributed by atoms with Crippen molar-refractivity contribution in [3.63, 3.8) is 0 Å². The summed E-state index contributed by atoms with van der Waals surface area (Å²) in [5.41, 5.74) is 2.22. The highest BCUT2D eigenvalue weighted by Gasteiger charge is 2.04. The molecule has 0 fully saturated rings. The van der Waals surface area contributed by atoms with Crippen LogP contribution in [0.2, 0.25) is 10.0 Å². The third-order valence-corrected chi connectivity index (χ3v) is 3.54. The van der Waals surface area contributed by atoms with Crippen LogP contribution in [0.4, 0.5) is 10.1 Å². The Bertz CT molecular complexity index is 570. The fourth-order valence-corrected chi connectivity index (χ4v) is 1.97. The van der Waals surface area contributed by atoms with E-state index in [1.807, 2.05) is 18.2 Å². The van der Waals surface area contributed by atoms with Crippen molar-refractivity contribution < 1.29 is 4.39 Å². The van der Waals surface area contributed by atoms with Crippen molar-refractivity contribution in [2.45, 2.75) is 13.5 Å². The van der Waals surface area contributed by atoms with Crippen LogP contribution in [0.25, 0.3) is 0 Å². The number of rotatable bonds is 3. The number of aryl methyl sites for hydroxylation is 1. The lowest BCUT2D eigenvalue weighted by Crippen LogP contribution is -2.00. The molecule has 2 rings (SSSR count). The maximum atomic E-state index is 13.4. The van der Waals surface area contributed by atoms with Gasteiger partial charge in [0.1, 0.15) is 5.82 Å². The topological polar surface area (TPSA) is 12.0 Å². The van der Waals surface area contributed by atoms with Crippen molar-refractivity contribution in [3.8, 4) is 0 Å². The molecule has 0 aliphatic carbocycles. The molecule has 94 valence electrons. The second-order valence-electron chi connectivity index (χ2n) is 4.03. The molecule has 2 aromatic carbocycles. The standard InChI is InChI=1S/C14H12Cl2FN/c1-9-5-6-11(7-13(9)17)18-8-10-3-2-4-12(15)14(10)16/h2-7,18H,8H2,1H3. The summed E-state index contributed by atoms with van der Waals surface area (Å²) in [5, 5.41) is 4.16. The van der Waals surface area contributed by atoms with Crippen molar-refractivity contribution in [2.75, 3.05) is 5.32 Å². The van der Waals surface area contributed by atoms with E-state index in [9.17, 15) is 4.39 Å². The Morgan fingerprint density at radius 1 is 1.17 bits per heavy atom. The van der Waals surface area contributed by atoms with Gasteiger partial charge in [0.15, 0.2) is 0 Å². The molecule has 0 saturated heterocycles. The van der Waals surface area contributed by atoms with E-state index < -0.39 is 0 Å². The highest BCUT2D eigenvalue weighted by atomic mass is 35.5. The minimum Gasteiger partial charge on any atom is -0.381 e. The van der Waals surface area contributed by atoms with Gasteiger partial charge in [-0.3, -0.25) is 0 Å². The maximum Gasteiger partial charge on any atom is 0.128 e. The molecular formula is C14H12Cl2FN. The lowest BCUT2D eigenvalue weighted by atomic mass is 10.2. The van der Waals surface area contributed by atoms with E-state index in [-0.39, 0.29) is 5.82 Å². The summed E-state index contributed by atoms with van der Waals surface area (Å²) >= 11 is 12.0. The summed E-state index contributed by atoms with van der Waals surface area (Å²) in [6.07, 6.45) is 0. The Morgan fingerprint density at radius 3 is 2.67 bits per heavy atom. The van der Waals surface area contributed by atoms with Gasteiger partial charge in [0.2, 0.25) is 0 Å². The molecule has 4 heteroatoms. The second-order valence-corrected chi connectivity index (χ2v) is 4.82. The number of benzene rings is 2. The predicted molar refractivity (Wildman–Crippen MR) is 74.9 cm³/mol. The number of hydrogen-bond donors (Lipinski definition) is 1. The molecule has 0 atom stereocenters. The number of halogens is 3. The first-order valence-corrected chi connectivity index (χ1v) is 6.26. The van der Waals surface area contributed by atoms with Crippen LogP contribution >= 0.6 is 23.2 Å². The molecule has 0 spiro atoms. The molecule has 1 nitrogen and oxygen atoms in total. The predicted octanol–water partition coefficient (Wildman–Crippen LogP) is 5.05. The monoisotopic (exact) mass is 283 g/mol. The molecule has 2 aromatic rings. The molecule has 0 aliphatic rings. The zero-order valence-electron chi connectivity index (χ0n) is 9.81. The number of anilines is 1. The Morgan fingerprint density at radius 2 is 1.94 bits per heavy atom. The van der Waals surface area contributed by atoms with Crippen LogP contribution in [0, 0.1) is 12.7 Å². The van der Waals surface area contributed by atoms with E-state index in [0.29, 0.717) is 27.8 Å². The minimum absolute atomic E-state index is 0.225. The zero-order chi connectivity index (χ0) is 13.1. The van der Waals surface area contributed by atoms with E-state index >= 15 is 0 Å². The summed E-state index contributed by atoms with van der Waals surface area (Å²) in [6.45, 7) is 2.23. The Hall–Kier alpha value is -1.25. The summed E-state index contributed by atoms with van der Waals surface area (Å²) in [7, 11) is 0. The van der Waals surface area contributed by atoms with Crippen molar-refractivity contribution in [1.82, 2.24) is 0 Å². The van der Waals surface area contributed by atoms with Crippen molar-refractivity contribution in [1.29, 1.82) is 0 Å². The maximum absolute atomic E-state index is 13.4. The largest absolute Gasteiger partial charge is 0.381 e. The Kier molecular flexibility index (Phi) is 4.10. The molecular weight excluding hydrogens is 272 g/mol. The van der Waals surface area contributed by atoms with Gasteiger partial charge >= 0.3 is 0 Å². The van der Waals surface area contributed by atoms with Gasteiger partial charge in [-0.05, 0) is 36.2 Å². The van der Waals surface area contributed by atoms with Gasteiger partial charge in [0, 0.05) is 12.2 Å². The average molecular weight is 284 g/mol. The van der Waals surface area contributed by atoms with Gasteiger partial charge in [-0.1, -0.05) is 41.4 Å². The number of nitrogens with one attached hydrogen (secondary N) is 1. The van der Waals surface area contributed by atoms with E-state index in [1.54, 1.807) is 19.1 Å². The Balaban J connectivity index is 2.11. The molecule has 1 N–H and O–H groups in total. The van der Waals surface area contributed by atoms with Crippen LogP contribution in [0.5, 0.6) is 0 Å². The van der Waals surface area contributed by atoms with Crippen LogP contribution < -0.4 is 5.32 Å². The average Bonchev–Trinajstić information content (AvgIpc) is 2.35. The third-order valence-electron chi connectivity index (χ3n) is 2.69. The molecule has 0 unspecified atom stereocenters. The van der Waals surface area contributed by atoms with E-state index in [4.69, 9.17) is 23.2 Å². The summed E-state index contributed by atoms with van der Waals surface area (Å²) in [4.78, 5) is 0. The highest BCUT2D eigenvalue weighted by molar-refractivity contribution is 6.42. The van der Waals surface area contributed by atoms with Crippen LogP contribution in [0.3, 0.4) is 0 Å². The highest BCUT2D eigenvalue weighted by Crippen LogP contribution is 2.26. The van der Waals surface area contributed by atoms with Crippen LogP contribution in [0.1, 0.15) is 11.1 Å². The first-order valence-electron chi connectivity index (χ1n) is 5.51. The van der Waals surface area contributed by atoms with E-state index in [2.05, 4.69) is 5.32 Å². The van der Waals surface area contributed by atoms with Crippen LogP contribution in [-0.2, 0) is 6.54 Å². The van der Waals surface area contributed by atoms with Crippen molar-refractivity contribution in [2.24, 2.45) is 0 Å². The Labute approximate surface area is 116 Å². The van der Waals surface area contributed by atoms with E-state index in [1.165, 1.54) is 6.07 Å². The molecule has 0 aromatic heterocycles. The first kappa shape index (κ1) is 13.2. The lowest BCUT2D eigenvalue weighted by Gasteiger charge is -2.09. The molecule has 0 saturated carbocycles. The van der Waals surface area contributed by atoms with Gasteiger partial charge in [-0.2, -0.15) is 0 Å². The lowest BCUT2D eigenvalue weighted by molar-refractivity contribution is 0.619. The van der Waals surface area contributed by atoms with E-state index in [0.717, 1.165) is 5.56 Å². The van der Waals surface area contributed by atoms with Gasteiger partial charge in [0.05, 0.1) is 10.0 Å².